The van der Waals surface area contributed by atoms with E-state index >= 15 is 0 Å². The van der Waals surface area contributed by atoms with Crippen LogP contribution in [-0.4, -0.2) is 92.0 Å². The molecule has 0 atom stereocenters. The van der Waals surface area contributed by atoms with Crippen molar-refractivity contribution >= 4 is 9.76 Å². The van der Waals surface area contributed by atoms with Crippen LogP contribution in [0.2, 0.25) is 6.04 Å². The van der Waals surface area contributed by atoms with Crippen molar-refractivity contribution in [2.24, 2.45) is 5.41 Å². The maximum atomic E-state index is 6.41. The summed E-state index contributed by atoms with van der Waals surface area (Å²) in [7, 11) is 12.6. The summed E-state index contributed by atoms with van der Waals surface area (Å²) >= 11 is 0. The Kier molecular flexibility index (Phi) is 10.1. The molecule has 0 saturated heterocycles. The van der Waals surface area contributed by atoms with Gasteiger partial charge in [-0.2, -0.15) is 0 Å². The lowest BCUT2D eigenvalue weighted by Crippen LogP contribution is -2.49. The van der Waals surface area contributed by atoms with Gasteiger partial charge in [0.05, 0.1) is 5.60 Å². The highest BCUT2D eigenvalue weighted by atomic mass is 28.2. The van der Waals surface area contributed by atoms with E-state index in [4.69, 9.17) is 4.43 Å². The van der Waals surface area contributed by atoms with E-state index in [2.05, 4.69) is 77.8 Å². The van der Waals surface area contributed by atoms with Gasteiger partial charge in [-0.05, 0) is 68.1 Å². The number of hydrogen-bond acceptors (Lipinski definition) is 4. The standard InChI is InChI=1S/C17H41N3OSi/c1-10-16(3,11-2)21-22-15-17(12-18(4)5,13-19(6)7)14-20(8)9/h10-15,22H2,1-9H3. The van der Waals surface area contributed by atoms with Gasteiger partial charge in [-0.25, -0.2) is 0 Å². The zero-order valence-electron chi connectivity index (χ0n) is 16.7. The van der Waals surface area contributed by atoms with Crippen molar-refractivity contribution in [1.82, 2.24) is 14.7 Å². The molecule has 22 heavy (non-hydrogen) atoms. The summed E-state index contributed by atoms with van der Waals surface area (Å²) in [6.07, 6.45) is 2.22. The Morgan fingerprint density at radius 2 is 1.14 bits per heavy atom. The average molecular weight is 332 g/mol. The maximum Gasteiger partial charge on any atom is 0.163 e. The van der Waals surface area contributed by atoms with Gasteiger partial charge in [0.15, 0.2) is 9.76 Å². The lowest BCUT2D eigenvalue weighted by molar-refractivity contribution is 0.0741. The summed E-state index contributed by atoms with van der Waals surface area (Å²) in [6, 6.07) is 1.23. The zero-order valence-corrected chi connectivity index (χ0v) is 18.1. The van der Waals surface area contributed by atoms with Gasteiger partial charge in [-0.3, -0.25) is 0 Å². The third-order valence-corrected chi connectivity index (χ3v) is 6.70. The van der Waals surface area contributed by atoms with E-state index in [1.807, 2.05) is 0 Å². The molecule has 0 aromatic rings. The first-order chi connectivity index (χ1) is 10.1. The van der Waals surface area contributed by atoms with Crippen molar-refractivity contribution in [3.05, 3.63) is 0 Å². The molecule has 0 fully saturated rings. The predicted octanol–water partition coefficient (Wildman–Crippen LogP) is 1.76. The van der Waals surface area contributed by atoms with Crippen molar-refractivity contribution in [3.8, 4) is 0 Å². The second-order valence-electron chi connectivity index (χ2n) is 7.97. The fourth-order valence-corrected chi connectivity index (χ4v) is 5.28. The summed E-state index contributed by atoms with van der Waals surface area (Å²) in [5.41, 5.74) is 0.386. The molecule has 0 bridgehead atoms. The lowest BCUT2D eigenvalue weighted by Gasteiger charge is -2.41. The SMILES string of the molecule is CCC(C)(CC)O[SiH2]CC(CN(C)C)(CN(C)C)CN(C)C. The maximum absolute atomic E-state index is 6.41. The Balaban J connectivity index is 4.95. The van der Waals surface area contributed by atoms with Gasteiger partial charge in [0.1, 0.15) is 0 Å². The lowest BCUT2D eigenvalue weighted by atomic mass is 9.88. The van der Waals surface area contributed by atoms with Crippen LogP contribution in [0.5, 0.6) is 0 Å². The average Bonchev–Trinajstić information content (AvgIpc) is 2.35. The third-order valence-electron chi connectivity index (χ3n) is 4.53. The molecule has 0 heterocycles. The fourth-order valence-electron chi connectivity index (χ4n) is 3.37. The van der Waals surface area contributed by atoms with Crippen LogP contribution in [0.3, 0.4) is 0 Å². The van der Waals surface area contributed by atoms with E-state index in [-0.39, 0.29) is 5.60 Å². The Morgan fingerprint density at radius 3 is 1.41 bits per heavy atom. The summed E-state index contributed by atoms with van der Waals surface area (Å²) < 4.78 is 6.41. The largest absolute Gasteiger partial charge is 0.419 e. The van der Waals surface area contributed by atoms with E-state index in [1.54, 1.807) is 0 Å². The molecule has 0 unspecified atom stereocenters. The van der Waals surface area contributed by atoms with E-state index in [0.717, 1.165) is 32.5 Å². The fraction of sp³-hybridized carbons (Fsp3) is 1.00. The molecule has 0 rings (SSSR count). The smallest absolute Gasteiger partial charge is 0.163 e. The van der Waals surface area contributed by atoms with Crippen LogP contribution >= 0.6 is 0 Å². The quantitative estimate of drug-likeness (QED) is 0.507. The first kappa shape index (κ1) is 22.1. The predicted molar refractivity (Wildman–Crippen MR) is 102 cm³/mol. The molecule has 0 amide bonds. The third kappa shape index (κ3) is 8.63. The molecule has 5 heteroatoms. The molecule has 0 aromatic carbocycles. The molecule has 0 aliphatic carbocycles. The molecule has 0 N–H and O–H groups in total. The van der Waals surface area contributed by atoms with Gasteiger partial charge >= 0.3 is 0 Å². The highest BCUT2D eigenvalue weighted by Gasteiger charge is 2.33. The molecule has 134 valence electrons. The Hall–Kier alpha value is 0.0569. The van der Waals surface area contributed by atoms with Crippen molar-refractivity contribution in [2.75, 3.05) is 61.9 Å². The number of nitrogens with zero attached hydrogens (tertiary/aromatic N) is 3. The van der Waals surface area contributed by atoms with E-state index in [0.29, 0.717) is 5.41 Å². The first-order valence-corrected chi connectivity index (χ1v) is 10.2. The normalized spacial score (nSPS) is 14.2. The Bertz CT molecular complexity index is 265. The molecule has 0 aliphatic rings. The van der Waals surface area contributed by atoms with Gasteiger partial charge in [-0.15, -0.1) is 0 Å². The van der Waals surface area contributed by atoms with Crippen molar-refractivity contribution in [1.29, 1.82) is 0 Å². The van der Waals surface area contributed by atoms with Crippen LogP contribution in [0.25, 0.3) is 0 Å². The van der Waals surface area contributed by atoms with Crippen LogP contribution < -0.4 is 0 Å². The summed E-state index contributed by atoms with van der Waals surface area (Å²) in [5, 5.41) is 0. The van der Waals surface area contributed by atoms with E-state index in [1.165, 1.54) is 6.04 Å². The monoisotopic (exact) mass is 331 g/mol. The van der Waals surface area contributed by atoms with Crippen LogP contribution in [-0.2, 0) is 4.43 Å². The molecule has 0 radical (unpaired) electrons. The summed E-state index contributed by atoms with van der Waals surface area (Å²) in [4.78, 5) is 7.00. The molecule has 0 spiro atoms. The number of hydrogen-bond donors (Lipinski definition) is 0. The molecule has 0 aliphatic heterocycles. The molecule has 0 saturated carbocycles. The first-order valence-electron chi connectivity index (χ1n) is 8.66. The molecular weight excluding hydrogens is 290 g/mol. The van der Waals surface area contributed by atoms with E-state index < -0.39 is 9.76 Å². The minimum Gasteiger partial charge on any atom is -0.419 e. The van der Waals surface area contributed by atoms with Gasteiger partial charge in [0, 0.05) is 25.0 Å². The highest BCUT2D eigenvalue weighted by molar-refractivity contribution is 6.27. The minimum atomic E-state index is -0.528. The van der Waals surface area contributed by atoms with Crippen LogP contribution in [0.4, 0.5) is 0 Å². The van der Waals surface area contributed by atoms with Gasteiger partial charge in [-0.1, -0.05) is 13.8 Å². The summed E-state index contributed by atoms with van der Waals surface area (Å²) in [5.74, 6) is 0. The zero-order chi connectivity index (χ0) is 17.4. The van der Waals surface area contributed by atoms with Gasteiger partial charge in [0.2, 0.25) is 0 Å². The van der Waals surface area contributed by atoms with Crippen molar-refractivity contribution < 1.29 is 4.43 Å². The van der Waals surface area contributed by atoms with Gasteiger partial charge < -0.3 is 19.1 Å². The topological polar surface area (TPSA) is 19.0 Å². The molecular formula is C17H41N3OSi. The van der Waals surface area contributed by atoms with Crippen LogP contribution in [0.1, 0.15) is 33.6 Å². The van der Waals surface area contributed by atoms with Crippen LogP contribution in [0, 0.1) is 5.41 Å². The van der Waals surface area contributed by atoms with E-state index in [9.17, 15) is 0 Å². The van der Waals surface area contributed by atoms with Gasteiger partial charge in [0.25, 0.3) is 0 Å². The summed E-state index contributed by atoms with van der Waals surface area (Å²) in [6.45, 7) is 10.1. The Morgan fingerprint density at radius 1 is 0.773 bits per heavy atom. The minimum absolute atomic E-state index is 0.0896. The van der Waals surface area contributed by atoms with Crippen molar-refractivity contribution in [3.63, 3.8) is 0 Å². The molecule has 0 aromatic heterocycles. The Labute approximate surface area is 142 Å². The van der Waals surface area contributed by atoms with Crippen LogP contribution in [0.15, 0.2) is 0 Å². The highest BCUT2D eigenvalue weighted by Crippen LogP contribution is 2.28. The number of rotatable bonds is 12. The second kappa shape index (κ2) is 10.0. The van der Waals surface area contributed by atoms with Crippen molar-refractivity contribution in [2.45, 2.75) is 45.3 Å². The second-order valence-corrected chi connectivity index (χ2v) is 9.17. The molecule has 4 nitrogen and oxygen atoms in total.